The van der Waals surface area contributed by atoms with Crippen molar-refractivity contribution < 1.29 is 15.1 Å². The number of nitrogens with zero attached hydrogens (tertiary/aromatic N) is 1. The molecule has 0 saturated carbocycles. The van der Waals surface area contributed by atoms with Crippen LogP contribution in [0.2, 0.25) is 0 Å². The lowest BCUT2D eigenvalue weighted by Crippen LogP contribution is -2.76. The zero-order chi connectivity index (χ0) is 13.4. The van der Waals surface area contributed by atoms with Gasteiger partial charge in [-0.15, -0.1) is 0 Å². The van der Waals surface area contributed by atoms with Crippen molar-refractivity contribution in [1.29, 1.82) is 0 Å². The van der Waals surface area contributed by atoms with E-state index in [0.29, 0.717) is 6.42 Å². The van der Waals surface area contributed by atoms with E-state index < -0.39 is 6.29 Å². The minimum Gasteiger partial charge on any atom is -0.368 e. The predicted octanol–water partition coefficient (Wildman–Crippen LogP) is 0.716. The Morgan fingerprint density at radius 1 is 1.39 bits per heavy atom. The van der Waals surface area contributed by atoms with E-state index in [0.717, 1.165) is 12.0 Å². The van der Waals surface area contributed by atoms with E-state index in [4.69, 9.17) is 10.3 Å². The number of ether oxygens (including phenoxy) is 1. The van der Waals surface area contributed by atoms with E-state index in [1.165, 1.54) is 7.11 Å². The third-order valence-corrected chi connectivity index (χ3v) is 3.15. The smallest absolute Gasteiger partial charge is 0.156 e. The van der Waals surface area contributed by atoms with Crippen LogP contribution in [0, 0.1) is 5.92 Å². The Morgan fingerprint density at radius 2 is 2.06 bits per heavy atom. The Bertz CT molecular complexity index is 345. The monoisotopic (exact) mass is 251 g/mol. The summed E-state index contributed by atoms with van der Waals surface area (Å²) in [5, 5.41) is 11.7. The molecular formula is C13H21N3O2. The molecule has 1 aromatic carbocycles. The molecule has 0 spiro atoms. The predicted molar refractivity (Wildman–Crippen MR) is 68.1 cm³/mol. The fourth-order valence-corrected chi connectivity index (χ4v) is 2.02. The molecule has 3 N–H and O–H groups in total. The van der Waals surface area contributed by atoms with E-state index in [9.17, 15) is 5.11 Å². The van der Waals surface area contributed by atoms with E-state index >= 15 is 0 Å². The van der Waals surface area contributed by atoms with Gasteiger partial charge in [-0.05, 0) is 18.4 Å². The summed E-state index contributed by atoms with van der Waals surface area (Å²) in [5.41, 5.74) is 12.6. The number of methoxy groups -OCH3 is 1. The van der Waals surface area contributed by atoms with Crippen molar-refractivity contribution in [2.24, 2.45) is 5.92 Å². The van der Waals surface area contributed by atoms with Crippen LogP contribution in [0.5, 0.6) is 0 Å². The van der Waals surface area contributed by atoms with Gasteiger partial charge in [0.1, 0.15) is 0 Å². The molecule has 0 saturated heterocycles. The van der Waals surface area contributed by atoms with Crippen molar-refractivity contribution in [3.05, 3.63) is 41.4 Å². The highest BCUT2D eigenvalue weighted by Gasteiger charge is 2.21. The fraction of sp³-hybridized carbons (Fsp3) is 0.538. The average Bonchev–Trinajstić information content (AvgIpc) is 2.43. The number of hydrazine groups is 1. The second kappa shape index (κ2) is 7.79. The molecule has 0 aliphatic carbocycles. The van der Waals surface area contributed by atoms with Crippen molar-refractivity contribution in [2.45, 2.75) is 32.1 Å². The number of hydrogen-bond donors (Lipinski definition) is 3. The largest absolute Gasteiger partial charge is 0.368 e. The topological polar surface area (TPSA) is 77.8 Å². The van der Waals surface area contributed by atoms with Gasteiger partial charge in [-0.25, -0.2) is 0 Å². The molecule has 5 nitrogen and oxygen atoms in total. The SMILES string of the molecule is CCC(CC(N[NH+]=[N-])c1ccccc1)C(O)OC. The number of benzene rings is 1. The number of aliphatic hydroxyl groups excluding tert-OH is 1. The van der Waals surface area contributed by atoms with Gasteiger partial charge in [0.2, 0.25) is 0 Å². The molecule has 1 aromatic rings. The maximum atomic E-state index is 9.75. The van der Waals surface area contributed by atoms with Gasteiger partial charge in [-0.2, -0.15) is 10.8 Å². The fourth-order valence-electron chi connectivity index (χ4n) is 2.02. The van der Waals surface area contributed by atoms with Gasteiger partial charge in [-0.3, -0.25) is 5.43 Å². The van der Waals surface area contributed by atoms with Crippen molar-refractivity contribution in [1.82, 2.24) is 5.43 Å². The second-order valence-corrected chi connectivity index (χ2v) is 4.25. The van der Waals surface area contributed by atoms with Gasteiger partial charge in [0, 0.05) is 19.1 Å². The van der Waals surface area contributed by atoms with Gasteiger partial charge < -0.3 is 9.84 Å². The van der Waals surface area contributed by atoms with Crippen molar-refractivity contribution in [2.75, 3.05) is 7.11 Å². The first-order valence-electron chi connectivity index (χ1n) is 6.13. The summed E-state index contributed by atoms with van der Waals surface area (Å²) in [6.07, 6.45) is 0.663. The molecule has 0 heterocycles. The van der Waals surface area contributed by atoms with E-state index in [1.807, 2.05) is 42.5 Å². The summed E-state index contributed by atoms with van der Waals surface area (Å²) in [5.74, 6) is 0.000978. The van der Waals surface area contributed by atoms with Crippen LogP contribution in [-0.2, 0) is 4.74 Å². The number of aliphatic hydroxyl groups is 1. The van der Waals surface area contributed by atoms with E-state index in [2.05, 4.69) is 5.43 Å². The molecule has 3 unspecified atom stereocenters. The molecule has 18 heavy (non-hydrogen) atoms. The van der Waals surface area contributed by atoms with Gasteiger partial charge in [-0.1, -0.05) is 37.3 Å². The number of rotatable bonds is 8. The summed E-state index contributed by atoms with van der Waals surface area (Å²) in [6.45, 7) is 2.00. The van der Waals surface area contributed by atoms with Gasteiger partial charge in [0.15, 0.2) is 6.29 Å². The van der Waals surface area contributed by atoms with Crippen LogP contribution in [0.4, 0.5) is 0 Å². The molecule has 100 valence electrons. The van der Waals surface area contributed by atoms with Crippen LogP contribution >= 0.6 is 0 Å². The minimum absolute atomic E-state index is 0.000978. The van der Waals surface area contributed by atoms with Crippen LogP contribution in [-0.4, -0.2) is 18.5 Å². The maximum absolute atomic E-state index is 9.75. The molecule has 0 aliphatic heterocycles. The highest BCUT2D eigenvalue weighted by Crippen LogP contribution is 2.24. The Morgan fingerprint density at radius 3 is 2.56 bits per heavy atom. The average molecular weight is 251 g/mol. The first kappa shape index (κ1) is 14.6. The van der Waals surface area contributed by atoms with E-state index in [1.54, 1.807) is 0 Å². The van der Waals surface area contributed by atoms with Gasteiger partial charge >= 0.3 is 0 Å². The maximum Gasteiger partial charge on any atom is 0.156 e. The summed E-state index contributed by atoms with van der Waals surface area (Å²) in [4.78, 5) is 0. The van der Waals surface area contributed by atoms with Crippen LogP contribution in [0.1, 0.15) is 31.4 Å². The zero-order valence-electron chi connectivity index (χ0n) is 10.8. The Hall–Kier alpha value is -1.46. The van der Waals surface area contributed by atoms with Crippen LogP contribution in [0.25, 0.3) is 5.53 Å². The van der Waals surface area contributed by atoms with E-state index in [-0.39, 0.29) is 12.0 Å². The lowest BCUT2D eigenvalue weighted by Gasteiger charge is -2.26. The molecule has 0 bridgehead atoms. The first-order chi connectivity index (χ1) is 8.72. The normalized spacial score (nSPS) is 15.7. The Kier molecular flexibility index (Phi) is 6.32. The van der Waals surface area contributed by atoms with Crippen LogP contribution in [0.3, 0.4) is 0 Å². The molecule has 0 aromatic heterocycles. The third kappa shape index (κ3) is 4.09. The first-order valence-corrected chi connectivity index (χ1v) is 6.13. The quantitative estimate of drug-likeness (QED) is 0.362. The molecule has 0 amide bonds. The molecule has 0 radical (unpaired) electrons. The number of hydrogen-bond acceptors (Lipinski definition) is 2. The lowest BCUT2D eigenvalue weighted by atomic mass is 9.93. The summed E-state index contributed by atoms with van der Waals surface area (Å²) in [7, 11) is 1.49. The van der Waals surface area contributed by atoms with Crippen LogP contribution in [0.15, 0.2) is 30.3 Å². The van der Waals surface area contributed by atoms with Crippen LogP contribution < -0.4 is 10.6 Å². The standard InChI is InChI=1S/C13H21N3O2/c1-3-10(13(17)18-2)9-12(15-16-14)11-7-5-4-6-8-11/h4-8,10,12-13,16-17H,3,9H2,1-2H3,(H-,14,15). The molecule has 0 aliphatic rings. The highest BCUT2D eigenvalue weighted by atomic mass is 16.6. The van der Waals surface area contributed by atoms with Gasteiger partial charge in [0.25, 0.3) is 0 Å². The summed E-state index contributed by atoms with van der Waals surface area (Å²) in [6, 6.07) is 9.67. The highest BCUT2D eigenvalue weighted by molar-refractivity contribution is 5.18. The summed E-state index contributed by atoms with van der Waals surface area (Å²) >= 11 is 0. The van der Waals surface area contributed by atoms with Gasteiger partial charge in [0.05, 0.1) is 0 Å². The van der Waals surface area contributed by atoms with Crippen molar-refractivity contribution >= 4 is 0 Å². The van der Waals surface area contributed by atoms with Crippen molar-refractivity contribution in [3.63, 3.8) is 0 Å². The molecule has 3 atom stereocenters. The minimum atomic E-state index is -0.790. The van der Waals surface area contributed by atoms with Crippen molar-refractivity contribution in [3.8, 4) is 0 Å². The Labute approximate surface area is 108 Å². The lowest BCUT2D eigenvalue weighted by molar-refractivity contribution is -0.557. The molecule has 5 heteroatoms. The molecular weight excluding hydrogens is 230 g/mol. The summed E-state index contributed by atoms with van der Waals surface area (Å²) < 4.78 is 4.96. The zero-order valence-corrected chi connectivity index (χ0v) is 10.8. The molecule has 0 fully saturated rings. The third-order valence-electron chi connectivity index (χ3n) is 3.15. The molecule has 1 rings (SSSR count). The second-order valence-electron chi connectivity index (χ2n) is 4.25. The Balaban J connectivity index is 2.76. The number of nitrogens with one attached hydrogen (secondary N) is 2.